The molecule has 2 aromatic carbocycles. The van der Waals surface area contributed by atoms with Crippen molar-refractivity contribution < 1.29 is 38.7 Å². The van der Waals surface area contributed by atoms with E-state index < -0.39 is 95.5 Å². The van der Waals surface area contributed by atoms with Crippen LogP contribution in [0.1, 0.15) is 51.7 Å². The third-order valence-corrected chi connectivity index (χ3v) is 9.95. The molecule has 1 fully saturated rings. The molecule has 4 rings (SSSR count). The number of halogens is 1. The summed E-state index contributed by atoms with van der Waals surface area (Å²) < 4.78 is 0. The lowest BCUT2D eigenvalue weighted by Gasteiger charge is -2.31. The molecule has 1 aliphatic heterocycles. The second kappa shape index (κ2) is 20.1. The van der Waals surface area contributed by atoms with Crippen LogP contribution in [0.5, 0.6) is 0 Å². The summed E-state index contributed by atoms with van der Waals surface area (Å²) in [5.41, 5.74) is 13.0. The highest BCUT2D eigenvalue weighted by Crippen LogP contribution is 2.24. The van der Waals surface area contributed by atoms with E-state index in [-0.39, 0.29) is 32.2 Å². The van der Waals surface area contributed by atoms with Gasteiger partial charge in [-0.05, 0) is 60.5 Å². The Morgan fingerprint density at radius 2 is 1.21 bits per heavy atom. The molecule has 0 spiro atoms. The molecule has 3 aromatic rings. The van der Waals surface area contributed by atoms with Crippen LogP contribution >= 0.6 is 11.6 Å². The van der Waals surface area contributed by atoms with Crippen LogP contribution in [-0.2, 0) is 46.4 Å². The van der Waals surface area contributed by atoms with Gasteiger partial charge in [-0.15, -0.1) is 0 Å². The molecule has 7 amide bonds. The normalized spacial score (nSPS) is 23.7. The average Bonchev–Trinajstić information content (AvgIpc) is 3.56. The fourth-order valence-electron chi connectivity index (χ4n) is 6.47. The molecule has 2 heterocycles. The number of primary amides is 1. The molecule has 1 aromatic heterocycles. The third kappa shape index (κ3) is 11.8. The predicted molar refractivity (Wildman–Crippen MR) is 212 cm³/mol. The summed E-state index contributed by atoms with van der Waals surface area (Å²) in [6, 6.07) is 5.36. The van der Waals surface area contributed by atoms with Crippen molar-refractivity contribution in [3.63, 3.8) is 0 Å². The summed E-state index contributed by atoms with van der Waals surface area (Å²) in [7, 11) is 0. The van der Waals surface area contributed by atoms with Crippen LogP contribution in [0.4, 0.5) is 0 Å². The average molecular weight is 810 g/mol. The van der Waals surface area contributed by atoms with Crippen LogP contribution in [0, 0.1) is 11.8 Å². The first-order chi connectivity index (χ1) is 27.0. The van der Waals surface area contributed by atoms with Gasteiger partial charge in [0.2, 0.25) is 41.4 Å². The Labute approximate surface area is 335 Å². The third-order valence-electron chi connectivity index (χ3n) is 9.71. The Morgan fingerprint density at radius 3 is 1.75 bits per heavy atom. The van der Waals surface area contributed by atoms with Gasteiger partial charge in [-0.25, -0.2) is 0 Å². The molecule has 17 nitrogen and oxygen atoms in total. The van der Waals surface area contributed by atoms with Crippen LogP contribution in [-0.4, -0.2) is 100 Å². The molecule has 308 valence electrons. The minimum absolute atomic E-state index is 0.0243. The van der Waals surface area contributed by atoms with Gasteiger partial charge in [-0.1, -0.05) is 69.6 Å². The number of carbonyl (C=O) groups excluding carboxylic acids is 7. The van der Waals surface area contributed by atoms with Gasteiger partial charge in [0, 0.05) is 35.0 Å². The monoisotopic (exact) mass is 809 g/mol. The number of hydrogen-bond donors (Lipinski definition) is 10. The fourth-order valence-corrected chi connectivity index (χ4v) is 6.64. The second-order valence-corrected chi connectivity index (χ2v) is 15.2. The zero-order valence-corrected chi connectivity index (χ0v) is 33.0. The Balaban J connectivity index is 1.83. The van der Waals surface area contributed by atoms with E-state index >= 15 is 0 Å². The maximum absolute atomic E-state index is 14.3. The number of nitrogens with two attached hydrogens (primary N) is 2. The number of aliphatic hydroxyl groups excluding tert-OH is 1. The first-order valence-electron chi connectivity index (χ1n) is 18.8. The van der Waals surface area contributed by atoms with Crippen molar-refractivity contribution in [1.29, 1.82) is 0 Å². The van der Waals surface area contributed by atoms with Crippen molar-refractivity contribution in [3.05, 3.63) is 70.9 Å². The molecule has 0 aliphatic carbocycles. The van der Waals surface area contributed by atoms with Gasteiger partial charge in [-0.2, -0.15) is 0 Å². The molecule has 1 saturated heterocycles. The summed E-state index contributed by atoms with van der Waals surface area (Å²) in [5, 5.41) is 27.5. The molecule has 0 unspecified atom stereocenters. The van der Waals surface area contributed by atoms with Crippen molar-refractivity contribution in [2.24, 2.45) is 23.3 Å². The van der Waals surface area contributed by atoms with Crippen molar-refractivity contribution in [2.45, 2.75) is 95.7 Å². The number of benzene rings is 2. The van der Waals surface area contributed by atoms with E-state index in [9.17, 15) is 38.7 Å². The van der Waals surface area contributed by atoms with Crippen LogP contribution in [0.25, 0.3) is 10.9 Å². The largest absolute Gasteiger partial charge is 0.381 e. The van der Waals surface area contributed by atoms with Crippen LogP contribution in [0.3, 0.4) is 0 Å². The number of hydrogen-bond acceptors (Lipinski definition) is 9. The highest BCUT2D eigenvalue weighted by Gasteiger charge is 2.39. The number of carbonyl (C=O) groups is 7. The van der Waals surface area contributed by atoms with Crippen molar-refractivity contribution in [2.75, 3.05) is 6.54 Å². The van der Waals surface area contributed by atoms with E-state index in [0.29, 0.717) is 27.1 Å². The van der Waals surface area contributed by atoms with Crippen LogP contribution in [0.2, 0.25) is 5.02 Å². The van der Waals surface area contributed by atoms with Gasteiger partial charge in [0.15, 0.2) is 6.10 Å². The van der Waals surface area contributed by atoms with Gasteiger partial charge in [-0.3, -0.25) is 33.6 Å². The maximum atomic E-state index is 14.3. The molecule has 0 saturated carbocycles. The standard InChI is InChI=1S/C39H52ClN9O8/c1-19(2)29-37(55)44-26(11-8-14-41)34(52)49-31(32(50)33(42)51)39(57)46-28(16-22-18-43-25-13-12-23(40)17-24(22)25)36(54)48-30(20(3)4)38(56)45-27(35(53)47-29)15-21-9-6-5-7-10-21/h5-7,9-10,12-13,17-20,26-32,43,50H,8,11,14-16,41H2,1-4H3,(H2,42,51)(H,44,55)(H,45,56)(H,46,57)(H,47,53)(H,48,54)(H,49,52)/t26-,27-,28-,29-,30-,31-,32-/m0/s1. The lowest BCUT2D eigenvalue weighted by Crippen LogP contribution is -2.65. The van der Waals surface area contributed by atoms with E-state index in [1.54, 1.807) is 82.4 Å². The minimum atomic E-state index is -2.28. The smallest absolute Gasteiger partial charge is 0.248 e. The number of aliphatic hydroxyl groups is 1. The Hall–Kier alpha value is -5.52. The van der Waals surface area contributed by atoms with E-state index in [2.05, 4.69) is 36.9 Å². The summed E-state index contributed by atoms with van der Waals surface area (Å²) in [6.07, 6.45) is -0.646. The van der Waals surface area contributed by atoms with Crippen LogP contribution < -0.4 is 43.4 Å². The fraction of sp³-hybridized carbons (Fsp3) is 0.462. The second-order valence-electron chi connectivity index (χ2n) is 14.8. The summed E-state index contributed by atoms with van der Waals surface area (Å²) in [6.45, 7) is 6.81. The van der Waals surface area contributed by atoms with Crippen LogP contribution in [0.15, 0.2) is 54.7 Å². The number of fused-ring (bicyclic) bond motifs is 1. The Kier molecular flexibility index (Phi) is 15.6. The van der Waals surface area contributed by atoms with E-state index in [0.717, 1.165) is 0 Å². The van der Waals surface area contributed by atoms with Crippen molar-refractivity contribution >= 4 is 63.9 Å². The lowest BCUT2D eigenvalue weighted by molar-refractivity contribution is -0.141. The minimum Gasteiger partial charge on any atom is -0.381 e. The van der Waals surface area contributed by atoms with Gasteiger partial charge in [0.25, 0.3) is 0 Å². The van der Waals surface area contributed by atoms with E-state index in [1.807, 2.05) is 0 Å². The number of H-pyrrole nitrogens is 1. The molecule has 12 N–H and O–H groups in total. The molecular weight excluding hydrogens is 758 g/mol. The molecule has 0 radical (unpaired) electrons. The highest BCUT2D eigenvalue weighted by molar-refractivity contribution is 6.31. The molecule has 7 atom stereocenters. The van der Waals surface area contributed by atoms with E-state index in [1.165, 1.54) is 0 Å². The summed E-state index contributed by atoms with van der Waals surface area (Å²) in [5.74, 6) is -7.61. The van der Waals surface area contributed by atoms with Crippen molar-refractivity contribution in [1.82, 2.24) is 36.9 Å². The number of amides is 7. The van der Waals surface area contributed by atoms with E-state index in [4.69, 9.17) is 23.1 Å². The molecule has 0 bridgehead atoms. The lowest BCUT2D eigenvalue weighted by atomic mass is 9.98. The Bertz CT molecular complexity index is 1940. The zero-order chi connectivity index (χ0) is 42.0. The number of nitrogens with one attached hydrogen (secondary N) is 7. The first-order valence-corrected chi connectivity index (χ1v) is 19.2. The van der Waals surface area contributed by atoms with Gasteiger partial charge < -0.3 is 53.5 Å². The van der Waals surface area contributed by atoms with Gasteiger partial charge in [0.05, 0.1) is 0 Å². The Morgan fingerprint density at radius 1 is 0.702 bits per heavy atom. The predicted octanol–water partition coefficient (Wildman–Crippen LogP) is -0.574. The molecular formula is C39H52ClN9O8. The van der Waals surface area contributed by atoms with Gasteiger partial charge in [0.1, 0.15) is 36.3 Å². The number of aromatic amines is 1. The van der Waals surface area contributed by atoms with Crippen molar-refractivity contribution in [3.8, 4) is 0 Å². The molecule has 1 aliphatic rings. The van der Waals surface area contributed by atoms with Gasteiger partial charge >= 0.3 is 0 Å². The molecule has 57 heavy (non-hydrogen) atoms. The number of rotatable bonds is 11. The molecule has 18 heteroatoms. The topological polar surface area (TPSA) is 280 Å². The summed E-state index contributed by atoms with van der Waals surface area (Å²) >= 11 is 6.27. The number of aromatic nitrogens is 1. The highest BCUT2D eigenvalue weighted by atomic mass is 35.5. The SMILES string of the molecule is CC(C)[C@@H]1NC(=O)[C@H](Cc2c[nH]c3ccc(Cl)cc23)NC(=O)[C@H]([C@H](O)C(N)=O)NC(=O)[C@H](CCCN)NC(=O)[C@H](C(C)C)NC(=O)[C@H](Cc2ccccc2)NC1=O. The zero-order valence-electron chi connectivity index (χ0n) is 32.3. The summed E-state index contributed by atoms with van der Waals surface area (Å²) in [4.78, 5) is 99.4. The quantitative estimate of drug-likeness (QED) is 0.119. The first kappa shape index (κ1) is 44.2. The maximum Gasteiger partial charge on any atom is 0.248 e.